The zero-order valence-electron chi connectivity index (χ0n) is 16.4. The smallest absolute Gasteiger partial charge is 0.255 e. The van der Waals surface area contributed by atoms with Gasteiger partial charge in [0.2, 0.25) is 15.9 Å². The molecular weight excluding hydrogens is 390 g/mol. The lowest BCUT2D eigenvalue weighted by Gasteiger charge is -2.35. The fourth-order valence-electron chi connectivity index (χ4n) is 3.92. The number of carbonyl (C=O) groups is 2. The summed E-state index contributed by atoms with van der Waals surface area (Å²) in [5, 5.41) is 2.91. The van der Waals surface area contributed by atoms with Crippen molar-refractivity contribution in [2.45, 2.75) is 30.6 Å². The van der Waals surface area contributed by atoms with Crippen LogP contribution in [0.25, 0.3) is 0 Å². The molecule has 0 unspecified atom stereocenters. The van der Waals surface area contributed by atoms with E-state index in [1.165, 1.54) is 38.4 Å². The highest BCUT2D eigenvalue weighted by Crippen LogP contribution is 2.38. The molecule has 0 fully saturated rings. The largest absolute Gasteiger partial charge is 0.322 e. The Morgan fingerprint density at radius 1 is 1.03 bits per heavy atom. The Bertz CT molecular complexity index is 1070. The number of aryl methyl sites for hydroxylation is 2. The Hall–Kier alpha value is -2.71. The van der Waals surface area contributed by atoms with Crippen molar-refractivity contribution in [2.24, 2.45) is 0 Å². The van der Waals surface area contributed by atoms with Gasteiger partial charge in [-0.15, -0.1) is 0 Å². The van der Waals surface area contributed by atoms with Gasteiger partial charge in [0.05, 0.1) is 10.6 Å². The zero-order valence-corrected chi connectivity index (χ0v) is 17.3. The molecule has 0 spiro atoms. The first-order valence-electron chi connectivity index (χ1n) is 9.57. The fraction of sp³-hybridized carbons (Fsp3) is 0.333. The Kier molecular flexibility index (Phi) is 4.92. The summed E-state index contributed by atoms with van der Waals surface area (Å²) in [6.45, 7) is 0.757. The van der Waals surface area contributed by atoms with Gasteiger partial charge in [0.25, 0.3) is 5.91 Å². The second-order valence-electron chi connectivity index (χ2n) is 7.56. The number of anilines is 2. The van der Waals surface area contributed by atoms with Gasteiger partial charge < -0.3 is 10.2 Å². The third-order valence-electron chi connectivity index (χ3n) is 5.43. The first kappa shape index (κ1) is 19.6. The molecule has 8 heteroatoms. The van der Waals surface area contributed by atoms with Gasteiger partial charge in [0, 0.05) is 38.3 Å². The summed E-state index contributed by atoms with van der Waals surface area (Å²) in [5.41, 5.74) is 4.27. The number of nitrogens with one attached hydrogen (secondary N) is 1. The van der Waals surface area contributed by atoms with Gasteiger partial charge in [-0.3, -0.25) is 9.59 Å². The molecule has 2 aliphatic rings. The Labute approximate surface area is 170 Å². The van der Waals surface area contributed by atoms with Gasteiger partial charge in [-0.2, -0.15) is 0 Å². The molecule has 152 valence electrons. The van der Waals surface area contributed by atoms with E-state index in [0.717, 1.165) is 40.5 Å². The van der Waals surface area contributed by atoms with E-state index in [1.54, 1.807) is 0 Å². The maximum atomic E-state index is 12.7. The minimum atomic E-state index is -3.53. The van der Waals surface area contributed by atoms with Crippen LogP contribution in [0.1, 0.15) is 34.3 Å². The van der Waals surface area contributed by atoms with Crippen LogP contribution in [-0.2, 0) is 27.7 Å². The molecule has 1 N–H and O–H groups in total. The predicted molar refractivity (Wildman–Crippen MR) is 111 cm³/mol. The van der Waals surface area contributed by atoms with Crippen molar-refractivity contribution in [3.05, 3.63) is 53.1 Å². The molecule has 0 aliphatic carbocycles. The monoisotopic (exact) mass is 413 g/mol. The minimum Gasteiger partial charge on any atom is -0.322 e. The average molecular weight is 413 g/mol. The number of benzene rings is 2. The van der Waals surface area contributed by atoms with E-state index in [2.05, 4.69) is 5.32 Å². The molecule has 2 heterocycles. The topological polar surface area (TPSA) is 86.8 Å². The van der Waals surface area contributed by atoms with Crippen LogP contribution < -0.4 is 10.2 Å². The highest BCUT2D eigenvalue weighted by Gasteiger charge is 2.29. The SMILES string of the molecule is CN(C)S(=O)(=O)c1ccc(C(=O)Nc2cc3c4c(c2)CCC(=O)N4CCC3)cc1. The molecule has 2 aromatic carbocycles. The molecule has 0 radical (unpaired) electrons. The number of hydrogen-bond acceptors (Lipinski definition) is 4. The lowest BCUT2D eigenvalue weighted by molar-refractivity contribution is -0.119. The van der Waals surface area contributed by atoms with Crippen molar-refractivity contribution in [1.29, 1.82) is 0 Å². The van der Waals surface area contributed by atoms with Gasteiger partial charge in [-0.05, 0) is 66.8 Å². The van der Waals surface area contributed by atoms with E-state index >= 15 is 0 Å². The molecule has 7 nitrogen and oxygen atoms in total. The number of rotatable bonds is 4. The lowest BCUT2D eigenvalue weighted by Crippen LogP contribution is -2.39. The van der Waals surface area contributed by atoms with Gasteiger partial charge >= 0.3 is 0 Å². The molecule has 0 saturated heterocycles. The van der Waals surface area contributed by atoms with Gasteiger partial charge in [-0.1, -0.05) is 0 Å². The van der Waals surface area contributed by atoms with Crippen molar-refractivity contribution in [1.82, 2.24) is 4.31 Å². The second kappa shape index (κ2) is 7.27. The number of sulfonamides is 1. The van der Waals surface area contributed by atoms with E-state index < -0.39 is 10.0 Å². The first-order chi connectivity index (χ1) is 13.8. The van der Waals surface area contributed by atoms with E-state index in [4.69, 9.17) is 0 Å². The predicted octanol–water partition coefficient (Wildman–Crippen LogP) is 2.41. The highest BCUT2D eigenvalue weighted by atomic mass is 32.2. The molecule has 2 aliphatic heterocycles. The van der Waals surface area contributed by atoms with E-state index in [0.29, 0.717) is 24.1 Å². The normalized spacial score (nSPS) is 16.0. The van der Waals surface area contributed by atoms with Gasteiger partial charge in [-0.25, -0.2) is 12.7 Å². The number of hydrogen-bond donors (Lipinski definition) is 1. The van der Waals surface area contributed by atoms with Crippen LogP contribution >= 0.6 is 0 Å². The standard InChI is InChI=1S/C21H23N3O4S/c1-23(2)29(27,28)18-8-5-14(6-9-18)21(26)22-17-12-15-4-3-11-24-19(25)10-7-16(13-17)20(15)24/h5-6,8-9,12-13H,3-4,7,10-11H2,1-2H3,(H,22,26). The average Bonchev–Trinajstić information content (AvgIpc) is 2.70. The Morgan fingerprint density at radius 2 is 1.69 bits per heavy atom. The summed E-state index contributed by atoms with van der Waals surface area (Å²) in [7, 11) is -0.601. The summed E-state index contributed by atoms with van der Waals surface area (Å²) >= 11 is 0. The Morgan fingerprint density at radius 3 is 2.34 bits per heavy atom. The van der Waals surface area contributed by atoms with Crippen LogP contribution in [0, 0.1) is 0 Å². The van der Waals surface area contributed by atoms with Gasteiger partial charge in [0.1, 0.15) is 0 Å². The lowest BCUT2D eigenvalue weighted by atomic mass is 9.91. The molecule has 0 aromatic heterocycles. The number of nitrogens with zero attached hydrogens (tertiary/aromatic N) is 2. The van der Waals surface area contributed by atoms with Crippen molar-refractivity contribution < 1.29 is 18.0 Å². The fourth-order valence-corrected chi connectivity index (χ4v) is 4.82. The maximum Gasteiger partial charge on any atom is 0.255 e. The van der Waals surface area contributed by atoms with Crippen molar-refractivity contribution in [2.75, 3.05) is 30.9 Å². The summed E-state index contributed by atoms with van der Waals surface area (Å²) in [5.74, 6) is -0.131. The van der Waals surface area contributed by atoms with Crippen LogP contribution in [0.5, 0.6) is 0 Å². The third-order valence-corrected chi connectivity index (χ3v) is 7.26. The maximum absolute atomic E-state index is 12.7. The van der Waals surface area contributed by atoms with Crippen LogP contribution in [-0.4, -0.2) is 45.2 Å². The highest BCUT2D eigenvalue weighted by molar-refractivity contribution is 7.89. The van der Waals surface area contributed by atoms with Crippen LogP contribution in [0.2, 0.25) is 0 Å². The molecule has 2 amide bonds. The molecular formula is C21H23N3O4S. The zero-order chi connectivity index (χ0) is 20.8. The van der Waals surface area contributed by atoms with Crippen LogP contribution in [0.15, 0.2) is 41.3 Å². The first-order valence-corrected chi connectivity index (χ1v) is 11.0. The van der Waals surface area contributed by atoms with E-state index in [9.17, 15) is 18.0 Å². The van der Waals surface area contributed by atoms with Crippen LogP contribution in [0.4, 0.5) is 11.4 Å². The number of carbonyl (C=O) groups excluding carboxylic acids is 2. The quantitative estimate of drug-likeness (QED) is 0.834. The van der Waals surface area contributed by atoms with Crippen molar-refractivity contribution in [3.8, 4) is 0 Å². The molecule has 4 rings (SSSR count). The summed E-state index contributed by atoms with van der Waals surface area (Å²) in [4.78, 5) is 26.9. The van der Waals surface area contributed by atoms with Crippen LogP contribution in [0.3, 0.4) is 0 Å². The molecule has 2 aromatic rings. The second-order valence-corrected chi connectivity index (χ2v) is 9.71. The molecule has 0 saturated carbocycles. The van der Waals surface area contributed by atoms with Crippen molar-refractivity contribution in [3.63, 3.8) is 0 Å². The Balaban J connectivity index is 1.57. The minimum absolute atomic E-state index is 0.141. The van der Waals surface area contributed by atoms with E-state index in [-0.39, 0.29) is 16.7 Å². The molecule has 0 atom stereocenters. The summed E-state index contributed by atoms with van der Waals surface area (Å²) in [6.07, 6.45) is 2.97. The van der Waals surface area contributed by atoms with Crippen molar-refractivity contribution >= 4 is 33.2 Å². The number of amides is 2. The molecule has 29 heavy (non-hydrogen) atoms. The van der Waals surface area contributed by atoms with E-state index in [1.807, 2.05) is 17.0 Å². The van der Waals surface area contributed by atoms with Gasteiger partial charge in [0.15, 0.2) is 0 Å². The molecule has 0 bridgehead atoms. The summed E-state index contributed by atoms with van der Waals surface area (Å²) < 4.78 is 25.5. The third kappa shape index (κ3) is 3.54. The summed E-state index contributed by atoms with van der Waals surface area (Å²) in [6, 6.07) is 9.76.